The van der Waals surface area contributed by atoms with Crippen molar-refractivity contribution in [3.8, 4) is 0 Å². The zero-order valence-electron chi connectivity index (χ0n) is 12.6. The van der Waals surface area contributed by atoms with Crippen LogP contribution in [0.1, 0.15) is 68.0 Å². The average Bonchev–Trinajstić information content (AvgIpc) is 3.13. The molecule has 3 aliphatic carbocycles. The molecule has 3 saturated carbocycles. The van der Waals surface area contributed by atoms with E-state index in [1.165, 1.54) is 44.9 Å². The van der Waals surface area contributed by atoms with Crippen molar-refractivity contribution >= 4 is 0 Å². The highest BCUT2D eigenvalue weighted by atomic mass is 14.9. The highest BCUT2D eigenvalue weighted by molar-refractivity contribution is 5.31. The molecule has 3 aliphatic rings. The summed E-state index contributed by atoms with van der Waals surface area (Å²) >= 11 is 0. The Labute approximate surface area is 123 Å². The predicted molar refractivity (Wildman–Crippen MR) is 83.8 cm³/mol. The summed E-state index contributed by atoms with van der Waals surface area (Å²) < 4.78 is 0. The van der Waals surface area contributed by atoms with E-state index in [0.29, 0.717) is 6.04 Å². The van der Waals surface area contributed by atoms with Crippen LogP contribution in [0.5, 0.6) is 0 Å². The Morgan fingerprint density at radius 3 is 2.35 bits per heavy atom. The average molecular weight is 269 g/mol. The summed E-state index contributed by atoms with van der Waals surface area (Å²) in [5, 5.41) is 3.64. The summed E-state index contributed by atoms with van der Waals surface area (Å²) in [5.74, 6) is 3.81. The molecule has 1 nitrogen and oxygen atoms in total. The summed E-state index contributed by atoms with van der Waals surface area (Å²) in [6, 6.07) is 10.1. The van der Waals surface area contributed by atoms with Gasteiger partial charge < -0.3 is 5.32 Å². The molecule has 108 valence electrons. The molecule has 3 atom stereocenters. The summed E-state index contributed by atoms with van der Waals surface area (Å²) in [6.07, 6.45) is 10.1. The van der Waals surface area contributed by atoms with Crippen LogP contribution in [0.2, 0.25) is 0 Å². The lowest BCUT2D eigenvalue weighted by Gasteiger charge is -2.27. The number of benzene rings is 1. The zero-order valence-corrected chi connectivity index (χ0v) is 12.6. The van der Waals surface area contributed by atoms with Gasteiger partial charge in [-0.3, -0.25) is 0 Å². The second-order valence-corrected chi connectivity index (χ2v) is 7.25. The Morgan fingerprint density at radius 1 is 1.00 bits per heavy atom. The monoisotopic (exact) mass is 269 g/mol. The van der Waals surface area contributed by atoms with Crippen LogP contribution in [0, 0.1) is 17.8 Å². The van der Waals surface area contributed by atoms with E-state index >= 15 is 0 Å². The molecule has 0 bridgehead atoms. The number of hydrogen-bond donors (Lipinski definition) is 1. The van der Waals surface area contributed by atoms with Gasteiger partial charge in [0.25, 0.3) is 0 Å². The van der Waals surface area contributed by atoms with Crippen molar-refractivity contribution < 1.29 is 0 Å². The Hall–Kier alpha value is -0.820. The molecular weight excluding hydrogens is 242 g/mol. The lowest BCUT2D eigenvalue weighted by molar-refractivity contribution is 0.418. The molecule has 3 unspecified atom stereocenters. The molecule has 0 amide bonds. The third-order valence-electron chi connectivity index (χ3n) is 6.27. The molecule has 1 N–H and O–H groups in total. The van der Waals surface area contributed by atoms with Gasteiger partial charge in [0, 0.05) is 6.04 Å². The summed E-state index contributed by atoms with van der Waals surface area (Å²) in [5.41, 5.74) is 3.15. The van der Waals surface area contributed by atoms with E-state index < -0.39 is 0 Å². The van der Waals surface area contributed by atoms with E-state index in [0.717, 1.165) is 23.7 Å². The molecular formula is C19H27N. The van der Waals surface area contributed by atoms with Gasteiger partial charge in [-0.15, -0.1) is 0 Å². The SMILES string of the molecule is CNC(c1cccc(C2CCC2)c1)C1C2CCCCC21. The Bertz CT molecular complexity index is 464. The Morgan fingerprint density at radius 2 is 1.75 bits per heavy atom. The maximum absolute atomic E-state index is 3.64. The lowest BCUT2D eigenvalue weighted by atomic mass is 9.79. The van der Waals surface area contributed by atoms with Crippen molar-refractivity contribution in [2.24, 2.45) is 17.8 Å². The van der Waals surface area contributed by atoms with Gasteiger partial charge in [0.2, 0.25) is 0 Å². The third-order valence-corrected chi connectivity index (χ3v) is 6.27. The highest BCUT2D eigenvalue weighted by Crippen LogP contribution is 2.60. The van der Waals surface area contributed by atoms with Crippen molar-refractivity contribution in [3.05, 3.63) is 35.4 Å². The smallest absolute Gasteiger partial charge is 0.0351 e. The van der Waals surface area contributed by atoms with Crippen LogP contribution < -0.4 is 5.32 Å². The molecule has 1 heteroatoms. The first kappa shape index (κ1) is 12.9. The van der Waals surface area contributed by atoms with Crippen LogP contribution in [-0.2, 0) is 0 Å². The van der Waals surface area contributed by atoms with Gasteiger partial charge in [-0.1, -0.05) is 43.5 Å². The third kappa shape index (κ3) is 2.11. The van der Waals surface area contributed by atoms with Crippen molar-refractivity contribution in [2.75, 3.05) is 7.05 Å². The van der Waals surface area contributed by atoms with Gasteiger partial charge in [-0.2, -0.15) is 0 Å². The topological polar surface area (TPSA) is 12.0 Å². The molecule has 0 saturated heterocycles. The molecule has 0 aliphatic heterocycles. The normalized spacial score (nSPS) is 34.1. The number of nitrogens with one attached hydrogen (secondary N) is 1. The second-order valence-electron chi connectivity index (χ2n) is 7.25. The largest absolute Gasteiger partial charge is 0.313 e. The minimum absolute atomic E-state index is 0.600. The van der Waals surface area contributed by atoms with Gasteiger partial charge in [0.15, 0.2) is 0 Å². The molecule has 0 aromatic heterocycles. The van der Waals surface area contributed by atoms with E-state index in [9.17, 15) is 0 Å². The van der Waals surface area contributed by atoms with Gasteiger partial charge >= 0.3 is 0 Å². The van der Waals surface area contributed by atoms with Crippen LogP contribution in [0.3, 0.4) is 0 Å². The molecule has 4 rings (SSSR count). The summed E-state index contributed by atoms with van der Waals surface area (Å²) in [4.78, 5) is 0. The second kappa shape index (κ2) is 5.18. The van der Waals surface area contributed by atoms with Crippen molar-refractivity contribution in [3.63, 3.8) is 0 Å². The molecule has 1 aromatic rings. The summed E-state index contributed by atoms with van der Waals surface area (Å²) in [6.45, 7) is 0. The molecule has 0 radical (unpaired) electrons. The number of hydrogen-bond acceptors (Lipinski definition) is 1. The molecule has 20 heavy (non-hydrogen) atoms. The standard InChI is InChI=1S/C19H27N/c1-20-19(18-16-10-2-3-11-17(16)18)15-9-5-8-14(12-15)13-6-4-7-13/h5,8-9,12-13,16-20H,2-4,6-7,10-11H2,1H3. The fourth-order valence-corrected chi connectivity index (χ4v) is 4.87. The predicted octanol–water partition coefficient (Wildman–Crippen LogP) is 4.65. The zero-order chi connectivity index (χ0) is 13.5. The maximum atomic E-state index is 3.64. The highest BCUT2D eigenvalue weighted by Gasteiger charge is 2.54. The van der Waals surface area contributed by atoms with Crippen LogP contribution >= 0.6 is 0 Å². The van der Waals surface area contributed by atoms with Crippen LogP contribution in [0.15, 0.2) is 24.3 Å². The quantitative estimate of drug-likeness (QED) is 0.839. The maximum Gasteiger partial charge on any atom is 0.0351 e. The number of rotatable bonds is 4. The van der Waals surface area contributed by atoms with E-state index in [4.69, 9.17) is 0 Å². The summed E-state index contributed by atoms with van der Waals surface area (Å²) in [7, 11) is 2.16. The van der Waals surface area contributed by atoms with Gasteiger partial charge in [0.05, 0.1) is 0 Å². The van der Waals surface area contributed by atoms with E-state index in [2.05, 4.69) is 36.6 Å². The van der Waals surface area contributed by atoms with Crippen molar-refractivity contribution in [2.45, 2.75) is 56.9 Å². The Kier molecular flexibility index (Phi) is 3.34. The van der Waals surface area contributed by atoms with Gasteiger partial charge in [0.1, 0.15) is 0 Å². The fraction of sp³-hybridized carbons (Fsp3) is 0.684. The first-order valence-corrected chi connectivity index (χ1v) is 8.65. The molecule has 1 aromatic carbocycles. The minimum atomic E-state index is 0.600. The molecule has 0 heterocycles. The van der Waals surface area contributed by atoms with E-state index in [1.807, 2.05) is 0 Å². The Balaban J connectivity index is 1.55. The van der Waals surface area contributed by atoms with Crippen molar-refractivity contribution in [1.82, 2.24) is 5.32 Å². The molecule has 0 spiro atoms. The van der Waals surface area contributed by atoms with Gasteiger partial charge in [-0.25, -0.2) is 0 Å². The molecule has 3 fully saturated rings. The van der Waals surface area contributed by atoms with Crippen LogP contribution in [0.25, 0.3) is 0 Å². The van der Waals surface area contributed by atoms with E-state index in [1.54, 1.807) is 11.1 Å². The van der Waals surface area contributed by atoms with Crippen LogP contribution in [0.4, 0.5) is 0 Å². The number of fused-ring (bicyclic) bond motifs is 1. The fourth-order valence-electron chi connectivity index (χ4n) is 4.87. The van der Waals surface area contributed by atoms with E-state index in [-0.39, 0.29) is 0 Å². The lowest BCUT2D eigenvalue weighted by Crippen LogP contribution is -2.20. The van der Waals surface area contributed by atoms with Gasteiger partial charge in [-0.05, 0) is 67.5 Å². The van der Waals surface area contributed by atoms with Crippen LogP contribution in [-0.4, -0.2) is 7.05 Å². The first-order chi connectivity index (χ1) is 9.88. The van der Waals surface area contributed by atoms with Crippen molar-refractivity contribution in [1.29, 1.82) is 0 Å². The first-order valence-electron chi connectivity index (χ1n) is 8.65. The minimum Gasteiger partial charge on any atom is -0.313 e.